The Morgan fingerprint density at radius 3 is 2.62 bits per heavy atom. The molecule has 0 aliphatic carbocycles. The van der Waals surface area contributed by atoms with Gasteiger partial charge in [-0.2, -0.15) is 0 Å². The highest BCUT2D eigenvalue weighted by molar-refractivity contribution is 6.30. The van der Waals surface area contributed by atoms with Gasteiger partial charge in [-0.05, 0) is 37.1 Å². The third-order valence-electron chi connectivity index (χ3n) is 3.47. The van der Waals surface area contributed by atoms with Crippen molar-refractivity contribution in [3.8, 4) is 17.1 Å². The summed E-state index contributed by atoms with van der Waals surface area (Å²) in [4.78, 5) is 8.39. The van der Waals surface area contributed by atoms with Crippen LogP contribution in [0.3, 0.4) is 0 Å². The van der Waals surface area contributed by atoms with Gasteiger partial charge >= 0.3 is 0 Å². The lowest BCUT2D eigenvalue weighted by atomic mass is 10.0. The first-order valence-electron chi connectivity index (χ1n) is 7.10. The summed E-state index contributed by atoms with van der Waals surface area (Å²) in [5.41, 5.74) is 0.944. The first-order chi connectivity index (χ1) is 10.3. The molecule has 4 nitrogen and oxygen atoms in total. The van der Waals surface area contributed by atoms with Crippen LogP contribution in [0.5, 0.6) is 5.75 Å². The SMILES string of the molecule is Clc1cnc(-c2ccc(OC[C@@H]3CCCOC3)cc2)nc1. The van der Waals surface area contributed by atoms with E-state index in [0.29, 0.717) is 23.4 Å². The fourth-order valence-corrected chi connectivity index (χ4v) is 2.41. The van der Waals surface area contributed by atoms with Gasteiger partial charge in [-0.1, -0.05) is 11.6 Å². The lowest BCUT2D eigenvalue weighted by Gasteiger charge is -2.22. The van der Waals surface area contributed by atoms with Gasteiger partial charge in [0.2, 0.25) is 0 Å². The summed E-state index contributed by atoms with van der Waals surface area (Å²) in [5, 5.41) is 0.536. The topological polar surface area (TPSA) is 44.2 Å². The number of nitrogens with zero attached hydrogens (tertiary/aromatic N) is 2. The highest BCUT2D eigenvalue weighted by Crippen LogP contribution is 2.21. The van der Waals surface area contributed by atoms with Crippen molar-refractivity contribution < 1.29 is 9.47 Å². The van der Waals surface area contributed by atoms with Crippen molar-refractivity contribution in [3.63, 3.8) is 0 Å². The maximum Gasteiger partial charge on any atom is 0.159 e. The fourth-order valence-electron chi connectivity index (χ4n) is 2.31. The molecule has 1 saturated heterocycles. The second kappa shape index (κ2) is 6.87. The van der Waals surface area contributed by atoms with E-state index in [1.165, 1.54) is 6.42 Å². The van der Waals surface area contributed by atoms with E-state index in [0.717, 1.165) is 30.9 Å². The smallest absolute Gasteiger partial charge is 0.159 e. The van der Waals surface area contributed by atoms with Crippen molar-refractivity contribution in [2.24, 2.45) is 5.92 Å². The third-order valence-corrected chi connectivity index (χ3v) is 3.67. The molecule has 0 N–H and O–H groups in total. The Bertz CT molecular complexity index is 566. The van der Waals surface area contributed by atoms with Gasteiger partial charge in [-0.15, -0.1) is 0 Å². The summed E-state index contributed by atoms with van der Waals surface area (Å²) in [6.07, 6.45) is 5.49. The van der Waals surface area contributed by atoms with Gasteiger partial charge < -0.3 is 9.47 Å². The van der Waals surface area contributed by atoms with Gasteiger partial charge in [0.15, 0.2) is 5.82 Å². The maximum absolute atomic E-state index is 5.81. The van der Waals surface area contributed by atoms with Crippen molar-refractivity contribution in [2.75, 3.05) is 19.8 Å². The Morgan fingerprint density at radius 1 is 1.19 bits per heavy atom. The quantitative estimate of drug-likeness (QED) is 0.865. The largest absolute Gasteiger partial charge is 0.493 e. The predicted octanol–water partition coefficient (Wildman–Crippen LogP) is 3.60. The molecule has 2 aromatic rings. The molecule has 5 heteroatoms. The number of benzene rings is 1. The molecule has 0 radical (unpaired) electrons. The minimum Gasteiger partial charge on any atom is -0.493 e. The Labute approximate surface area is 129 Å². The van der Waals surface area contributed by atoms with Crippen LogP contribution in [-0.4, -0.2) is 29.8 Å². The number of rotatable bonds is 4. The Morgan fingerprint density at radius 2 is 1.95 bits per heavy atom. The van der Waals surface area contributed by atoms with Gasteiger partial charge in [-0.25, -0.2) is 9.97 Å². The van der Waals surface area contributed by atoms with Gasteiger partial charge in [0, 0.05) is 30.5 Å². The fraction of sp³-hybridized carbons (Fsp3) is 0.375. The number of halogens is 1. The number of hydrogen-bond donors (Lipinski definition) is 0. The van der Waals surface area contributed by atoms with Crippen LogP contribution >= 0.6 is 11.6 Å². The normalized spacial score (nSPS) is 18.4. The summed E-state index contributed by atoms with van der Waals surface area (Å²) in [5.74, 6) is 2.02. The van der Waals surface area contributed by atoms with Crippen LogP contribution in [-0.2, 0) is 4.74 Å². The second-order valence-electron chi connectivity index (χ2n) is 5.14. The summed E-state index contributed by atoms with van der Waals surface area (Å²) >= 11 is 5.78. The van der Waals surface area contributed by atoms with E-state index in [9.17, 15) is 0 Å². The van der Waals surface area contributed by atoms with Crippen molar-refractivity contribution in [1.29, 1.82) is 0 Å². The van der Waals surface area contributed by atoms with E-state index in [-0.39, 0.29) is 0 Å². The minimum atomic E-state index is 0.498. The molecule has 3 rings (SSSR count). The molecular formula is C16H17ClN2O2. The molecule has 1 aliphatic heterocycles. The van der Waals surface area contributed by atoms with Crippen LogP contribution in [0.1, 0.15) is 12.8 Å². The lowest BCUT2D eigenvalue weighted by molar-refractivity contribution is 0.0352. The molecule has 2 heterocycles. The van der Waals surface area contributed by atoms with Gasteiger partial charge in [-0.3, -0.25) is 0 Å². The zero-order valence-electron chi connectivity index (χ0n) is 11.7. The second-order valence-corrected chi connectivity index (χ2v) is 5.58. The molecule has 0 saturated carbocycles. The van der Waals surface area contributed by atoms with Crippen molar-refractivity contribution in [3.05, 3.63) is 41.7 Å². The minimum absolute atomic E-state index is 0.498. The monoisotopic (exact) mass is 304 g/mol. The van der Waals surface area contributed by atoms with E-state index in [2.05, 4.69) is 9.97 Å². The number of aromatic nitrogens is 2. The van der Waals surface area contributed by atoms with Crippen molar-refractivity contribution >= 4 is 11.6 Å². The number of hydrogen-bond acceptors (Lipinski definition) is 4. The van der Waals surface area contributed by atoms with Crippen LogP contribution in [0.4, 0.5) is 0 Å². The zero-order valence-corrected chi connectivity index (χ0v) is 12.4. The standard InChI is InChI=1S/C16H17ClN2O2/c17-14-8-18-16(19-9-14)13-3-5-15(6-4-13)21-11-12-2-1-7-20-10-12/h3-6,8-9,12H,1-2,7,10-11H2/t12-/m1/s1. The molecule has 21 heavy (non-hydrogen) atoms. The van der Waals surface area contributed by atoms with Crippen molar-refractivity contribution in [2.45, 2.75) is 12.8 Å². The molecule has 110 valence electrons. The Hall–Kier alpha value is -1.65. The van der Waals surface area contributed by atoms with Crippen LogP contribution < -0.4 is 4.74 Å². The Balaban J connectivity index is 1.59. The average molecular weight is 305 g/mol. The molecule has 1 fully saturated rings. The molecule has 0 unspecified atom stereocenters. The van der Waals surface area contributed by atoms with Crippen LogP contribution in [0.25, 0.3) is 11.4 Å². The summed E-state index contributed by atoms with van der Waals surface area (Å²) in [7, 11) is 0. The van der Waals surface area contributed by atoms with Gasteiger partial charge in [0.1, 0.15) is 5.75 Å². The highest BCUT2D eigenvalue weighted by atomic mass is 35.5. The predicted molar refractivity (Wildman–Crippen MR) is 81.5 cm³/mol. The van der Waals surface area contributed by atoms with E-state index < -0.39 is 0 Å². The lowest BCUT2D eigenvalue weighted by Crippen LogP contribution is -2.23. The van der Waals surface area contributed by atoms with Crippen LogP contribution in [0, 0.1) is 5.92 Å². The van der Waals surface area contributed by atoms with Gasteiger partial charge in [0.25, 0.3) is 0 Å². The molecule has 0 bridgehead atoms. The first kappa shape index (κ1) is 14.3. The molecule has 1 atom stereocenters. The zero-order chi connectivity index (χ0) is 14.5. The van der Waals surface area contributed by atoms with Crippen LogP contribution in [0.2, 0.25) is 5.02 Å². The van der Waals surface area contributed by atoms with E-state index in [1.54, 1.807) is 12.4 Å². The average Bonchev–Trinajstić information content (AvgIpc) is 2.55. The van der Waals surface area contributed by atoms with E-state index in [4.69, 9.17) is 21.1 Å². The Kier molecular flexibility index (Phi) is 4.68. The van der Waals surface area contributed by atoms with Crippen molar-refractivity contribution in [1.82, 2.24) is 9.97 Å². The highest BCUT2D eigenvalue weighted by Gasteiger charge is 2.14. The number of ether oxygens (including phenoxy) is 2. The summed E-state index contributed by atoms with van der Waals surface area (Å²) in [6, 6.07) is 7.79. The van der Waals surface area contributed by atoms with Crippen LogP contribution in [0.15, 0.2) is 36.7 Å². The molecule has 0 spiro atoms. The first-order valence-corrected chi connectivity index (χ1v) is 7.47. The van der Waals surface area contributed by atoms with E-state index >= 15 is 0 Å². The summed E-state index contributed by atoms with van der Waals surface area (Å²) < 4.78 is 11.3. The molecule has 1 aromatic carbocycles. The molecule has 1 aromatic heterocycles. The third kappa shape index (κ3) is 3.93. The maximum atomic E-state index is 5.81. The van der Waals surface area contributed by atoms with E-state index in [1.807, 2.05) is 24.3 Å². The molecular weight excluding hydrogens is 288 g/mol. The molecule has 1 aliphatic rings. The van der Waals surface area contributed by atoms with Gasteiger partial charge in [0.05, 0.1) is 18.2 Å². The summed E-state index contributed by atoms with van der Waals surface area (Å²) in [6.45, 7) is 2.39. The molecule has 0 amide bonds.